The summed E-state index contributed by atoms with van der Waals surface area (Å²) in [4.78, 5) is 0. The maximum absolute atomic E-state index is 6.96. The van der Waals surface area contributed by atoms with Crippen LogP contribution in [-0.4, -0.2) is 24.4 Å². The van der Waals surface area contributed by atoms with Crippen molar-refractivity contribution in [3.8, 4) is 0 Å². The molecule has 0 radical (unpaired) electrons. The zero-order valence-corrected chi connectivity index (χ0v) is 25.2. The van der Waals surface area contributed by atoms with Crippen LogP contribution in [-0.2, 0) is 20.4 Å². The van der Waals surface area contributed by atoms with E-state index in [4.69, 9.17) is 20.4 Å². The molecule has 0 amide bonds. The van der Waals surface area contributed by atoms with Crippen molar-refractivity contribution in [2.75, 3.05) is 0 Å². The summed E-state index contributed by atoms with van der Waals surface area (Å²) in [6.07, 6.45) is 26.3. The molecule has 4 fully saturated rings. The summed E-state index contributed by atoms with van der Waals surface area (Å²) in [6.45, 7) is 0. The van der Waals surface area contributed by atoms with Gasteiger partial charge in [-0.15, -0.1) is 0 Å². The molecule has 0 aliphatic heterocycles. The van der Waals surface area contributed by atoms with Gasteiger partial charge in [0.05, 0.1) is 0 Å². The van der Waals surface area contributed by atoms with Gasteiger partial charge in [-0.1, -0.05) is 0 Å². The van der Waals surface area contributed by atoms with Crippen LogP contribution in [0.1, 0.15) is 128 Å². The van der Waals surface area contributed by atoms with Crippen molar-refractivity contribution < 1.29 is 20.4 Å². The van der Waals surface area contributed by atoms with Crippen LogP contribution in [0.2, 0.25) is 0 Å². The van der Waals surface area contributed by atoms with Gasteiger partial charge < -0.3 is 0 Å². The fraction of sp³-hybridized carbons (Fsp3) is 1.00. The van der Waals surface area contributed by atoms with Crippen molar-refractivity contribution in [3.63, 3.8) is 0 Å². The van der Waals surface area contributed by atoms with Gasteiger partial charge in [-0.05, 0) is 0 Å². The summed E-state index contributed by atoms with van der Waals surface area (Å²) in [5.74, 6) is 0. The van der Waals surface area contributed by atoms with Crippen LogP contribution in [0.3, 0.4) is 0 Å². The standard InChI is InChI=1S/4C6H11O.Rf/c4*7-6-4-2-1-3-5-6;/h4*6H,1-5H2;/q4*-1;+4. The second kappa shape index (κ2) is 10.7. The van der Waals surface area contributed by atoms with Crippen LogP contribution < -0.4 is 0 Å². The average molecular weight is 664 g/mol. The Morgan fingerprint density at radius 3 is 0.724 bits per heavy atom. The van der Waals surface area contributed by atoms with Gasteiger partial charge in [0.2, 0.25) is 0 Å². The van der Waals surface area contributed by atoms with Gasteiger partial charge in [0, 0.05) is 0 Å². The van der Waals surface area contributed by atoms with Gasteiger partial charge in [0.25, 0.3) is 0 Å². The Kier molecular flexibility index (Phi) is 7.81. The fourth-order valence-electron chi connectivity index (χ4n) is 6.32. The molecule has 0 heterocycles. The summed E-state index contributed by atoms with van der Waals surface area (Å²) < 4.78 is -4.51. The molecule has 166 valence electrons. The molecule has 29 heavy (non-hydrogen) atoms. The molecule has 0 atom stereocenters. The molecule has 0 aromatic rings. The Hall–Kier alpha value is -1.16. The Morgan fingerprint density at radius 1 is 0.310 bits per heavy atom. The maximum atomic E-state index is 6.96. The third-order valence-corrected chi connectivity index (χ3v) is 23.9. The molecule has 4 aliphatic carbocycles. The molecule has 4 aliphatic rings. The van der Waals surface area contributed by atoms with E-state index in [-0.39, 0.29) is 0 Å². The van der Waals surface area contributed by atoms with Crippen LogP contribution in [0, 0.1) is 0 Å². The monoisotopic (exact) mass is 663 g/mol. The van der Waals surface area contributed by atoms with E-state index in [1.54, 1.807) is 0 Å². The van der Waals surface area contributed by atoms with E-state index in [0.29, 0.717) is 24.4 Å². The summed E-state index contributed by atoms with van der Waals surface area (Å²) in [6, 6.07) is 0. The van der Waals surface area contributed by atoms with Gasteiger partial charge in [0.1, 0.15) is 0 Å². The van der Waals surface area contributed by atoms with E-state index >= 15 is 0 Å². The van der Waals surface area contributed by atoms with Gasteiger partial charge in [-0.25, -0.2) is 0 Å². The minimum atomic E-state index is -4.51. The molecule has 0 saturated heterocycles. The van der Waals surface area contributed by atoms with Crippen molar-refractivity contribution in [2.45, 2.75) is 153 Å². The second-order valence-electron chi connectivity index (χ2n) is 10.4. The Labute approximate surface area is 173 Å². The summed E-state index contributed by atoms with van der Waals surface area (Å²) in [5, 5.41) is 27.8. The van der Waals surface area contributed by atoms with Crippen molar-refractivity contribution in [1.82, 2.24) is 0 Å². The predicted molar refractivity (Wildman–Crippen MR) is 112 cm³/mol. The molecule has 5 heteroatoms. The average Bonchev–Trinajstić information content (AvgIpc) is 2.76. The Balaban J connectivity index is 1.51. The van der Waals surface area contributed by atoms with Gasteiger partial charge in [-0.3, -0.25) is 0 Å². The van der Waals surface area contributed by atoms with E-state index in [2.05, 4.69) is 0 Å². The molecular weight excluding hydrogens is 619 g/mol. The Bertz CT molecular complexity index is 364. The van der Waals surface area contributed by atoms with Crippen molar-refractivity contribution in [1.29, 1.82) is 0 Å². The molecule has 0 bridgehead atoms. The first-order chi connectivity index (χ1) is 14.3. The summed E-state index contributed by atoms with van der Waals surface area (Å²) in [7, 11) is 0. The van der Waals surface area contributed by atoms with E-state index in [1.165, 1.54) is 128 Å². The molecule has 4 nitrogen and oxygen atoms in total. The van der Waals surface area contributed by atoms with Crippen molar-refractivity contribution in [3.05, 3.63) is 0 Å². The van der Waals surface area contributed by atoms with Gasteiger partial charge >= 0.3 is 173 Å². The second-order valence-corrected chi connectivity index (χ2v) is 22.8. The number of hydrogen-bond acceptors (Lipinski definition) is 4. The first-order valence-electron chi connectivity index (χ1n) is 13.4. The van der Waals surface area contributed by atoms with Crippen LogP contribution in [0.25, 0.3) is 0 Å². The van der Waals surface area contributed by atoms with Crippen LogP contribution in [0.4, 0.5) is 0 Å². The third-order valence-electron chi connectivity index (χ3n) is 7.97. The van der Waals surface area contributed by atoms with Crippen LogP contribution in [0.5, 0.6) is 0 Å². The molecular formula is C24H44O4Rf. The van der Waals surface area contributed by atoms with E-state index in [9.17, 15) is 0 Å². The van der Waals surface area contributed by atoms with Gasteiger partial charge in [0.15, 0.2) is 0 Å². The third kappa shape index (κ3) is 6.41. The minimum absolute atomic E-state index is 0.314. The molecule has 0 unspecified atom stereocenters. The van der Waals surface area contributed by atoms with Gasteiger partial charge in [-0.2, -0.15) is 0 Å². The Morgan fingerprint density at radius 2 is 0.517 bits per heavy atom. The van der Waals surface area contributed by atoms with Crippen molar-refractivity contribution >= 4 is 0 Å². The zero-order valence-electron chi connectivity index (χ0n) is 18.8. The molecule has 0 aromatic heterocycles. The first-order valence-corrected chi connectivity index (χ1v) is 23.8. The SMILES string of the molecule is C1CCC([O][Rf]([O]C2CCCCC2)([O]C2CCCCC2)[O]C2CCCCC2)CC1. The quantitative estimate of drug-likeness (QED) is 0.276. The topological polar surface area (TPSA) is 36.9 Å². The van der Waals surface area contributed by atoms with Crippen LogP contribution in [0.15, 0.2) is 0 Å². The summed E-state index contributed by atoms with van der Waals surface area (Å²) >= 11 is 0. The first kappa shape index (κ1) is 21.1. The van der Waals surface area contributed by atoms with E-state index in [1.807, 2.05) is 0 Å². The fourth-order valence-corrected chi connectivity index (χ4v) is 24.9. The zero-order chi connectivity index (χ0) is 19.8. The van der Waals surface area contributed by atoms with Crippen molar-refractivity contribution in [2.24, 2.45) is 0 Å². The number of rotatable bonds is 8. The predicted octanol–water partition coefficient (Wildman–Crippen LogP) is 7.20. The van der Waals surface area contributed by atoms with E-state index in [0.717, 1.165) is 0 Å². The number of hydrogen-bond donors (Lipinski definition) is 0. The molecule has 0 aromatic carbocycles. The molecule has 4 rings (SSSR count). The van der Waals surface area contributed by atoms with E-state index < -0.39 is 0 Å². The normalized spacial score (nSPS) is 27.3. The molecule has 4 saturated carbocycles. The summed E-state index contributed by atoms with van der Waals surface area (Å²) in [5.41, 5.74) is 0. The van der Waals surface area contributed by atoms with Crippen LogP contribution >= 0.6 is 0 Å². The molecule has 0 N–H and O–H groups in total. The molecule has 0 spiro atoms.